The van der Waals surface area contributed by atoms with Gasteiger partial charge in [0.2, 0.25) is 5.25 Å². The van der Waals surface area contributed by atoms with E-state index in [-0.39, 0.29) is 5.25 Å². The summed E-state index contributed by atoms with van der Waals surface area (Å²) in [6.45, 7) is 3.66. The van der Waals surface area contributed by atoms with Crippen molar-refractivity contribution in [2.24, 2.45) is 0 Å². The van der Waals surface area contributed by atoms with Crippen LogP contribution in [0.1, 0.15) is 20.3 Å². The van der Waals surface area contributed by atoms with E-state index >= 15 is 0 Å². The lowest BCUT2D eigenvalue weighted by atomic mass is 10.3. The van der Waals surface area contributed by atoms with E-state index in [1.165, 1.54) is 0 Å². The van der Waals surface area contributed by atoms with E-state index in [1.807, 2.05) is 6.92 Å². The SMILES string of the molecule is CC#CCC(C)[S+]=O. The van der Waals surface area contributed by atoms with Gasteiger partial charge >= 0.3 is 11.7 Å². The fourth-order valence-electron chi connectivity index (χ4n) is 0.280. The van der Waals surface area contributed by atoms with Crippen molar-refractivity contribution in [1.82, 2.24) is 0 Å². The van der Waals surface area contributed by atoms with Crippen LogP contribution in [0.15, 0.2) is 0 Å². The van der Waals surface area contributed by atoms with Gasteiger partial charge in [-0.2, -0.15) is 0 Å². The van der Waals surface area contributed by atoms with Crippen molar-refractivity contribution in [1.29, 1.82) is 0 Å². The average Bonchev–Trinajstić information content (AvgIpc) is 1.83. The zero-order valence-corrected chi connectivity index (χ0v) is 5.92. The van der Waals surface area contributed by atoms with Crippen LogP contribution in [0.2, 0.25) is 0 Å². The van der Waals surface area contributed by atoms with Crippen LogP contribution in [0.5, 0.6) is 0 Å². The zero-order chi connectivity index (χ0) is 6.41. The summed E-state index contributed by atoms with van der Waals surface area (Å²) in [6, 6.07) is 0. The molecule has 0 N–H and O–H groups in total. The Morgan fingerprint density at radius 1 is 1.75 bits per heavy atom. The highest BCUT2D eigenvalue weighted by molar-refractivity contribution is 7.66. The molecule has 1 atom stereocenters. The van der Waals surface area contributed by atoms with E-state index in [0.29, 0.717) is 18.1 Å². The fraction of sp³-hybridized carbons (Fsp3) is 0.667. The molecule has 0 aromatic heterocycles. The van der Waals surface area contributed by atoms with Crippen LogP contribution in [0.25, 0.3) is 0 Å². The summed E-state index contributed by atoms with van der Waals surface area (Å²) in [5, 5.41) is 0.141. The Bertz CT molecular complexity index is 120. The van der Waals surface area contributed by atoms with Crippen LogP contribution in [0, 0.1) is 11.8 Å². The van der Waals surface area contributed by atoms with Crippen molar-refractivity contribution in [3.63, 3.8) is 0 Å². The van der Waals surface area contributed by atoms with Gasteiger partial charge in [0.15, 0.2) is 0 Å². The Morgan fingerprint density at radius 2 is 2.38 bits per heavy atom. The van der Waals surface area contributed by atoms with Gasteiger partial charge in [0.25, 0.3) is 0 Å². The van der Waals surface area contributed by atoms with Crippen LogP contribution in [-0.2, 0) is 15.9 Å². The molecule has 0 rings (SSSR count). The summed E-state index contributed by atoms with van der Waals surface area (Å²) in [4.78, 5) is 0. The molecule has 44 valence electrons. The predicted octanol–water partition coefficient (Wildman–Crippen LogP) is 1.22. The van der Waals surface area contributed by atoms with Gasteiger partial charge in [-0.05, 0) is 13.8 Å². The third-order valence-electron chi connectivity index (χ3n) is 0.731. The molecule has 0 spiro atoms. The Balaban J connectivity index is 3.33. The lowest BCUT2D eigenvalue weighted by Crippen LogP contribution is -1.94. The summed E-state index contributed by atoms with van der Waals surface area (Å²) in [5.41, 5.74) is 0. The first-order valence-corrected chi connectivity index (χ1v) is 3.30. The van der Waals surface area contributed by atoms with E-state index in [2.05, 4.69) is 11.8 Å². The minimum atomic E-state index is 0.141. The quantitative estimate of drug-likeness (QED) is 0.404. The number of hydrogen-bond acceptors (Lipinski definition) is 1. The minimum Gasteiger partial charge on any atom is -0.107 e. The molecule has 0 aliphatic rings. The largest absolute Gasteiger partial charge is 0.462 e. The maximum absolute atomic E-state index is 9.98. The van der Waals surface area contributed by atoms with Gasteiger partial charge in [-0.15, -0.1) is 5.92 Å². The van der Waals surface area contributed by atoms with Gasteiger partial charge in [0.1, 0.15) is 0 Å². The lowest BCUT2D eigenvalue weighted by molar-refractivity contribution is 0.599. The molecule has 0 amide bonds. The maximum Gasteiger partial charge on any atom is 0.462 e. The molecule has 2 heteroatoms. The Morgan fingerprint density at radius 3 is 2.75 bits per heavy atom. The topological polar surface area (TPSA) is 17.1 Å². The van der Waals surface area contributed by atoms with E-state index < -0.39 is 0 Å². The maximum atomic E-state index is 9.98. The molecule has 8 heavy (non-hydrogen) atoms. The van der Waals surface area contributed by atoms with E-state index in [0.717, 1.165) is 0 Å². The summed E-state index contributed by atoms with van der Waals surface area (Å²) in [7, 11) is 0. The Labute approximate surface area is 54.0 Å². The van der Waals surface area contributed by atoms with Gasteiger partial charge in [0, 0.05) is 4.21 Å². The molecule has 0 saturated carbocycles. The first-order valence-electron chi connectivity index (χ1n) is 2.49. The summed E-state index contributed by atoms with van der Waals surface area (Å²) < 4.78 is 9.98. The van der Waals surface area contributed by atoms with Crippen molar-refractivity contribution in [3.8, 4) is 11.8 Å². The molecule has 0 aliphatic heterocycles. The molecule has 0 radical (unpaired) electrons. The van der Waals surface area contributed by atoms with Crippen molar-refractivity contribution in [3.05, 3.63) is 0 Å². The molecule has 1 nitrogen and oxygen atoms in total. The predicted molar refractivity (Wildman–Crippen MR) is 35.6 cm³/mol. The van der Waals surface area contributed by atoms with Crippen LogP contribution in [0.3, 0.4) is 0 Å². The standard InChI is InChI=1S/C6H9OS/c1-3-4-5-6(2)8-7/h6H,5H2,1-2H3/q+1. The van der Waals surface area contributed by atoms with Crippen molar-refractivity contribution in [2.45, 2.75) is 25.5 Å². The van der Waals surface area contributed by atoms with Crippen LogP contribution >= 0.6 is 0 Å². The van der Waals surface area contributed by atoms with Gasteiger partial charge < -0.3 is 0 Å². The molecular formula is C6H9OS+. The lowest BCUT2D eigenvalue weighted by Gasteiger charge is -1.76. The third kappa shape index (κ3) is 3.76. The molecule has 0 bridgehead atoms. The van der Waals surface area contributed by atoms with Crippen LogP contribution in [0.4, 0.5) is 0 Å². The summed E-state index contributed by atoms with van der Waals surface area (Å²) in [5.74, 6) is 5.56. The van der Waals surface area contributed by atoms with Gasteiger partial charge in [-0.3, -0.25) is 0 Å². The summed E-state index contributed by atoms with van der Waals surface area (Å²) >= 11 is 0.612. The second-order valence-corrected chi connectivity index (χ2v) is 2.53. The molecule has 0 aliphatic carbocycles. The highest BCUT2D eigenvalue weighted by atomic mass is 32.1. The summed E-state index contributed by atoms with van der Waals surface area (Å²) in [6.07, 6.45) is 0.713. The first-order chi connectivity index (χ1) is 3.81. The molecular weight excluding hydrogens is 120 g/mol. The van der Waals surface area contributed by atoms with Crippen molar-refractivity contribution >= 4 is 11.7 Å². The molecule has 0 aromatic carbocycles. The van der Waals surface area contributed by atoms with Crippen LogP contribution < -0.4 is 0 Å². The second-order valence-electron chi connectivity index (χ2n) is 1.54. The zero-order valence-electron chi connectivity index (χ0n) is 5.10. The second kappa shape index (κ2) is 4.73. The Hall–Kier alpha value is -0.420. The average molecular weight is 129 g/mol. The molecule has 0 heterocycles. The van der Waals surface area contributed by atoms with Crippen molar-refractivity contribution < 1.29 is 4.21 Å². The highest BCUT2D eigenvalue weighted by Gasteiger charge is 2.10. The molecule has 0 saturated heterocycles. The third-order valence-corrected chi connectivity index (χ3v) is 1.23. The first kappa shape index (κ1) is 7.58. The monoisotopic (exact) mass is 129 g/mol. The molecule has 0 aromatic rings. The molecule has 0 fully saturated rings. The van der Waals surface area contributed by atoms with E-state index in [9.17, 15) is 4.21 Å². The number of hydrogen-bond donors (Lipinski definition) is 0. The fourth-order valence-corrected chi connectivity index (χ4v) is 0.431. The highest BCUT2D eigenvalue weighted by Crippen LogP contribution is 1.88. The number of rotatable bonds is 2. The van der Waals surface area contributed by atoms with E-state index in [4.69, 9.17) is 0 Å². The van der Waals surface area contributed by atoms with Crippen molar-refractivity contribution in [2.75, 3.05) is 0 Å². The molecule has 1 unspecified atom stereocenters. The van der Waals surface area contributed by atoms with Gasteiger partial charge in [-0.25, -0.2) is 0 Å². The smallest absolute Gasteiger partial charge is 0.107 e. The Kier molecular flexibility index (Phi) is 4.48. The minimum absolute atomic E-state index is 0.141. The van der Waals surface area contributed by atoms with Gasteiger partial charge in [-0.1, -0.05) is 5.92 Å². The van der Waals surface area contributed by atoms with Crippen LogP contribution in [-0.4, -0.2) is 5.25 Å². The van der Waals surface area contributed by atoms with E-state index in [1.54, 1.807) is 6.92 Å². The van der Waals surface area contributed by atoms with Gasteiger partial charge in [0.05, 0.1) is 6.42 Å². The normalized spacial score (nSPS) is 11.2.